The van der Waals surface area contributed by atoms with Crippen LogP contribution in [0.1, 0.15) is 5.56 Å². The Morgan fingerprint density at radius 2 is 2.00 bits per heavy atom. The van der Waals surface area contributed by atoms with Gasteiger partial charge in [-0.25, -0.2) is 4.98 Å². The van der Waals surface area contributed by atoms with Gasteiger partial charge in [0.2, 0.25) is 0 Å². The lowest BCUT2D eigenvalue weighted by Gasteiger charge is -2.01. The van der Waals surface area contributed by atoms with E-state index in [4.69, 9.17) is 0 Å². The van der Waals surface area contributed by atoms with Crippen molar-refractivity contribution in [3.63, 3.8) is 0 Å². The molecule has 0 N–H and O–H groups in total. The second-order valence-electron chi connectivity index (χ2n) is 2.90. The highest BCUT2D eigenvalue weighted by Gasteiger charge is 1.93. The zero-order chi connectivity index (χ0) is 9.10. The second-order valence-corrected chi connectivity index (χ2v) is 3.42. The van der Waals surface area contributed by atoms with Gasteiger partial charge in [-0.1, -0.05) is 12.1 Å². The topological polar surface area (TPSA) is 17.8 Å². The lowest BCUT2D eigenvalue weighted by atomic mass is 10.2. The van der Waals surface area contributed by atoms with E-state index in [1.54, 1.807) is 6.20 Å². The summed E-state index contributed by atoms with van der Waals surface area (Å²) in [5.74, 6) is 0. The maximum atomic E-state index is 4.23. The van der Waals surface area contributed by atoms with Crippen LogP contribution >= 0.6 is 12.6 Å². The van der Waals surface area contributed by atoms with Crippen LogP contribution in [-0.4, -0.2) is 9.55 Å². The fourth-order valence-corrected chi connectivity index (χ4v) is 1.34. The summed E-state index contributed by atoms with van der Waals surface area (Å²) in [7, 11) is 0. The summed E-state index contributed by atoms with van der Waals surface area (Å²) in [6, 6.07) is 8.13. The van der Waals surface area contributed by atoms with E-state index in [1.165, 1.54) is 5.56 Å². The highest BCUT2D eigenvalue weighted by Crippen LogP contribution is 2.08. The van der Waals surface area contributed by atoms with Crippen molar-refractivity contribution in [3.8, 4) is 0 Å². The average molecular weight is 190 g/mol. The molecule has 2 nitrogen and oxygen atoms in total. The summed E-state index contributed by atoms with van der Waals surface area (Å²) in [4.78, 5) is 4.98. The van der Waals surface area contributed by atoms with Crippen molar-refractivity contribution in [2.75, 3.05) is 0 Å². The quantitative estimate of drug-likeness (QED) is 0.719. The molecule has 0 aliphatic heterocycles. The Labute approximate surface area is 82.6 Å². The van der Waals surface area contributed by atoms with Gasteiger partial charge in [-0.3, -0.25) is 0 Å². The summed E-state index contributed by atoms with van der Waals surface area (Å²) < 4.78 is 2.04. The highest BCUT2D eigenvalue weighted by atomic mass is 32.1. The molecule has 2 aromatic rings. The Bertz CT molecular complexity index is 364. The third-order valence-corrected chi connectivity index (χ3v) is 2.16. The Kier molecular flexibility index (Phi) is 2.36. The van der Waals surface area contributed by atoms with Crippen LogP contribution in [0.5, 0.6) is 0 Å². The van der Waals surface area contributed by atoms with Crippen molar-refractivity contribution >= 4 is 12.6 Å². The van der Waals surface area contributed by atoms with Crippen LogP contribution in [0.2, 0.25) is 0 Å². The molecule has 0 atom stereocenters. The molecule has 0 aliphatic rings. The zero-order valence-electron chi connectivity index (χ0n) is 7.09. The minimum Gasteiger partial charge on any atom is -0.333 e. The molecule has 0 aliphatic carbocycles. The third kappa shape index (κ3) is 2.12. The largest absolute Gasteiger partial charge is 0.333 e. The number of rotatable bonds is 2. The van der Waals surface area contributed by atoms with Gasteiger partial charge in [-0.05, 0) is 17.7 Å². The number of aromatic nitrogens is 2. The predicted molar refractivity (Wildman–Crippen MR) is 55.0 cm³/mol. The molecule has 13 heavy (non-hydrogen) atoms. The smallest absolute Gasteiger partial charge is 0.0949 e. The fourth-order valence-electron chi connectivity index (χ4n) is 1.19. The van der Waals surface area contributed by atoms with E-state index < -0.39 is 0 Å². The summed E-state index contributed by atoms with van der Waals surface area (Å²) in [6.45, 7) is 0.869. The van der Waals surface area contributed by atoms with Gasteiger partial charge in [0.1, 0.15) is 0 Å². The van der Waals surface area contributed by atoms with Gasteiger partial charge >= 0.3 is 0 Å². The van der Waals surface area contributed by atoms with E-state index in [0.717, 1.165) is 11.4 Å². The number of imidazole rings is 1. The predicted octanol–water partition coefficient (Wildman–Crippen LogP) is 2.22. The SMILES string of the molecule is Sc1ccc(Cn2ccnc2)cc1. The zero-order valence-corrected chi connectivity index (χ0v) is 7.98. The molecule has 0 spiro atoms. The van der Waals surface area contributed by atoms with E-state index in [-0.39, 0.29) is 0 Å². The summed E-state index contributed by atoms with van der Waals surface area (Å²) in [5.41, 5.74) is 1.26. The van der Waals surface area contributed by atoms with Gasteiger partial charge in [0.05, 0.1) is 6.33 Å². The first-order chi connectivity index (χ1) is 6.34. The van der Waals surface area contributed by atoms with Crippen molar-refractivity contribution in [2.24, 2.45) is 0 Å². The van der Waals surface area contributed by atoms with Crippen LogP contribution < -0.4 is 0 Å². The van der Waals surface area contributed by atoms with Crippen LogP contribution in [0.25, 0.3) is 0 Å². The minimum atomic E-state index is 0.869. The van der Waals surface area contributed by atoms with E-state index in [0.29, 0.717) is 0 Å². The molecular weight excluding hydrogens is 180 g/mol. The fraction of sp³-hybridized carbons (Fsp3) is 0.100. The highest BCUT2D eigenvalue weighted by molar-refractivity contribution is 7.80. The summed E-state index contributed by atoms with van der Waals surface area (Å²) in [5, 5.41) is 0. The van der Waals surface area contributed by atoms with E-state index >= 15 is 0 Å². The van der Waals surface area contributed by atoms with Crippen LogP contribution in [0.3, 0.4) is 0 Å². The molecule has 1 heterocycles. The maximum absolute atomic E-state index is 4.23. The Balaban J connectivity index is 2.15. The van der Waals surface area contributed by atoms with Gasteiger partial charge in [0.25, 0.3) is 0 Å². The van der Waals surface area contributed by atoms with Crippen molar-refractivity contribution in [2.45, 2.75) is 11.4 Å². The molecular formula is C10H10N2S. The van der Waals surface area contributed by atoms with Crippen LogP contribution in [-0.2, 0) is 6.54 Å². The standard InChI is InChI=1S/C10H10N2S/c13-10-3-1-9(2-4-10)7-12-6-5-11-8-12/h1-6,8,13H,7H2. The maximum Gasteiger partial charge on any atom is 0.0949 e. The Morgan fingerprint density at radius 3 is 2.62 bits per heavy atom. The average Bonchev–Trinajstić information content (AvgIpc) is 2.62. The number of benzene rings is 1. The Morgan fingerprint density at radius 1 is 1.23 bits per heavy atom. The number of nitrogens with zero attached hydrogens (tertiary/aromatic N) is 2. The van der Waals surface area contributed by atoms with E-state index in [9.17, 15) is 0 Å². The van der Waals surface area contributed by atoms with Crippen LogP contribution in [0.4, 0.5) is 0 Å². The van der Waals surface area contributed by atoms with Gasteiger partial charge in [0, 0.05) is 23.8 Å². The first-order valence-corrected chi connectivity index (χ1v) is 4.53. The summed E-state index contributed by atoms with van der Waals surface area (Å²) in [6.07, 6.45) is 5.55. The van der Waals surface area contributed by atoms with Gasteiger partial charge in [-0.15, -0.1) is 12.6 Å². The molecule has 0 saturated carbocycles. The first kappa shape index (κ1) is 8.38. The Hall–Kier alpha value is -1.22. The second kappa shape index (κ2) is 3.66. The van der Waals surface area contributed by atoms with E-state index in [2.05, 4.69) is 29.7 Å². The van der Waals surface area contributed by atoms with Crippen LogP contribution in [0.15, 0.2) is 47.9 Å². The molecule has 0 fully saturated rings. The van der Waals surface area contributed by atoms with Crippen molar-refractivity contribution in [1.29, 1.82) is 0 Å². The molecule has 0 radical (unpaired) electrons. The number of hydrogen-bond donors (Lipinski definition) is 1. The molecule has 2 rings (SSSR count). The normalized spacial score (nSPS) is 10.2. The molecule has 1 aromatic carbocycles. The number of thiol groups is 1. The molecule has 0 saturated heterocycles. The molecule has 3 heteroatoms. The molecule has 66 valence electrons. The minimum absolute atomic E-state index is 0.869. The van der Waals surface area contributed by atoms with Crippen molar-refractivity contribution in [3.05, 3.63) is 48.5 Å². The number of hydrogen-bond acceptors (Lipinski definition) is 2. The molecule has 0 bridgehead atoms. The molecule has 1 aromatic heterocycles. The third-order valence-electron chi connectivity index (χ3n) is 1.86. The molecule has 0 amide bonds. The van der Waals surface area contributed by atoms with Crippen molar-refractivity contribution < 1.29 is 0 Å². The lowest BCUT2D eigenvalue weighted by molar-refractivity contribution is 0.796. The van der Waals surface area contributed by atoms with Crippen molar-refractivity contribution in [1.82, 2.24) is 9.55 Å². The monoisotopic (exact) mass is 190 g/mol. The van der Waals surface area contributed by atoms with Gasteiger partial charge < -0.3 is 4.57 Å². The van der Waals surface area contributed by atoms with Gasteiger partial charge in [0.15, 0.2) is 0 Å². The van der Waals surface area contributed by atoms with Gasteiger partial charge in [-0.2, -0.15) is 0 Å². The first-order valence-electron chi connectivity index (χ1n) is 4.08. The molecule has 0 unspecified atom stereocenters. The lowest BCUT2D eigenvalue weighted by Crippen LogP contribution is -1.95. The van der Waals surface area contributed by atoms with Crippen LogP contribution in [0, 0.1) is 0 Å². The summed E-state index contributed by atoms with van der Waals surface area (Å²) >= 11 is 4.23. The van der Waals surface area contributed by atoms with E-state index in [1.807, 2.05) is 29.2 Å².